The molecule has 0 spiro atoms. The van der Waals surface area contributed by atoms with Crippen LogP contribution in [0.25, 0.3) is 22.6 Å². The third kappa shape index (κ3) is 4.23. The lowest BCUT2D eigenvalue weighted by Crippen LogP contribution is -1.96. The summed E-state index contributed by atoms with van der Waals surface area (Å²) < 4.78 is 16.5. The van der Waals surface area contributed by atoms with Crippen LogP contribution in [0.1, 0.15) is 10.4 Å². The van der Waals surface area contributed by atoms with E-state index in [9.17, 15) is 4.79 Å². The van der Waals surface area contributed by atoms with Crippen LogP contribution in [0.5, 0.6) is 11.5 Å². The summed E-state index contributed by atoms with van der Waals surface area (Å²) >= 11 is 0.932. The Labute approximate surface area is 178 Å². The van der Waals surface area contributed by atoms with E-state index in [0.29, 0.717) is 28.5 Å². The smallest absolute Gasteiger partial charge is 0.264 e. The van der Waals surface area contributed by atoms with Crippen molar-refractivity contribution in [2.75, 3.05) is 14.2 Å². The molecule has 0 aliphatic heterocycles. The number of thioether (sulfide) groups is 1. The molecule has 0 fully saturated rings. The standard InChI is InChI=1S/C24H19NO4S/c1-27-19-13-18(14-20(15-19)28-2)23(26)30-24-25-21(16-9-5-3-6-10-16)22(29-24)17-11-7-4-8-12-17/h3-15H,1-2H3. The Kier molecular flexibility index (Phi) is 5.86. The summed E-state index contributed by atoms with van der Waals surface area (Å²) in [6.07, 6.45) is 0. The van der Waals surface area contributed by atoms with Crippen molar-refractivity contribution < 1.29 is 18.7 Å². The van der Waals surface area contributed by atoms with E-state index in [2.05, 4.69) is 4.98 Å². The molecular formula is C24H19NO4S. The van der Waals surface area contributed by atoms with Gasteiger partial charge in [0.2, 0.25) is 5.12 Å². The number of ether oxygens (including phenoxy) is 2. The van der Waals surface area contributed by atoms with Gasteiger partial charge in [-0.15, -0.1) is 0 Å². The summed E-state index contributed by atoms with van der Waals surface area (Å²) in [6, 6.07) is 24.5. The summed E-state index contributed by atoms with van der Waals surface area (Å²) in [7, 11) is 3.09. The lowest BCUT2D eigenvalue weighted by atomic mass is 10.1. The average molecular weight is 417 g/mol. The molecule has 0 radical (unpaired) electrons. The van der Waals surface area contributed by atoms with Gasteiger partial charge in [-0.2, -0.15) is 0 Å². The molecule has 0 saturated carbocycles. The molecule has 4 aromatic rings. The van der Waals surface area contributed by atoms with Gasteiger partial charge in [0.1, 0.15) is 17.2 Å². The van der Waals surface area contributed by atoms with E-state index in [1.165, 1.54) is 0 Å². The van der Waals surface area contributed by atoms with Crippen LogP contribution in [0, 0.1) is 0 Å². The lowest BCUT2D eigenvalue weighted by molar-refractivity contribution is 0.108. The second kappa shape index (κ2) is 8.88. The minimum atomic E-state index is -0.215. The fourth-order valence-electron chi connectivity index (χ4n) is 2.98. The minimum Gasteiger partial charge on any atom is -0.497 e. The third-order valence-corrected chi connectivity index (χ3v) is 5.23. The van der Waals surface area contributed by atoms with E-state index < -0.39 is 0 Å². The van der Waals surface area contributed by atoms with Crippen molar-refractivity contribution in [3.8, 4) is 34.1 Å². The number of hydrogen-bond donors (Lipinski definition) is 0. The van der Waals surface area contributed by atoms with Gasteiger partial charge in [0.05, 0.1) is 14.2 Å². The molecule has 1 aromatic heterocycles. The Morgan fingerprint density at radius 1 is 0.833 bits per heavy atom. The summed E-state index contributed by atoms with van der Waals surface area (Å²) in [5.74, 6) is 1.71. The largest absolute Gasteiger partial charge is 0.497 e. The van der Waals surface area contributed by atoms with Crippen molar-refractivity contribution >= 4 is 16.9 Å². The van der Waals surface area contributed by atoms with Gasteiger partial charge in [0, 0.05) is 34.5 Å². The number of benzene rings is 3. The van der Waals surface area contributed by atoms with E-state index in [1.54, 1.807) is 32.4 Å². The molecule has 0 aliphatic rings. The van der Waals surface area contributed by atoms with Gasteiger partial charge in [0.15, 0.2) is 5.76 Å². The first-order chi connectivity index (χ1) is 14.7. The van der Waals surface area contributed by atoms with Crippen LogP contribution in [0.3, 0.4) is 0 Å². The molecule has 5 nitrogen and oxygen atoms in total. The predicted molar refractivity (Wildman–Crippen MR) is 117 cm³/mol. The Morgan fingerprint density at radius 3 is 1.97 bits per heavy atom. The van der Waals surface area contributed by atoms with Gasteiger partial charge in [0.25, 0.3) is 5.22 Å². The lowest BCUT2D eigenvalue weighted by Gasteiger charge is -2.06. The Morgan fingerprint density at radius 2 is 1.40 bits per heavy atom. The zero-order chi connectivity index (χ0) is 20.9. The fraction of sp³-hybridized carbons (Fsp3) is 0.0833. The molecule has 4 rings (SSSR count). The third-order valence-electron chi connectivity index (χ3n) is 4.46. The molecule has 30 heavy (non-hydrogen) atoms. The topological polar surface area (TPSA) is 61.6 Å². The predicted octanol–water partition coefficient (Wildman–Crippen LogP) is 5.96. The van der Waals surface area contributed by atoms with Crippen molar-refractivity contribution in [1.82, 2.24) is 4.98 Å². The first-order valence-electron chi connectivity index (χ1n) is 9.25. The highest BCUT2D eigenvalue weighted by molar-refractivity contribution is 8.14. The van der Waals surface area contributed by atoms with Crippen LogP contribution < -0.4 is 9.47 Å². The van der Waals surface area contributed by atoms with Gasteiger partial charge in [-0.3, -0.25) is 4.79 Å². The van der Waals surface area contributed by atoms with Gasteiger partial charge in [-0.25, -0.2) is 4.98 Å². The molecule has 0 saturated heterocycles. The Bertz CT molecular complexity index is 1080. The number of nitrogens with zero attached hydrogens (tertiary/aromatic N) is 1. The molecule has 0 aliphatic carbocycles. The molecule has 0 bridgehead atoms. The quantitative estimate of drug-likeness (QED) is 0.361. The summed E-state index contributed by atoms with van der Waals surface area (Å²) in [5.41, 5.74) is 2.95. The Balaban J connectivity index is 1.70. The maximum atomic E-state index is 12.9. The zero-order valence-electron chi connectivity index (χ0n) is 16.5. The van der Waals surface area contributed by atoms with Gasteiger partial charge < -0.3 is 13.9 Å². The summed E-state index contributed by atoms with van der Waals surface area (Å²) in [4.78, 5) is 17.5. The zero-order valence-corrected chi connectivity index (χ0v) is 17.3. The maximum absolute atomic E-state index is 12.9. The second-order valence-electron chi connectivity index (χ2n) is 6.38. The Hall–Kier alpha value is -3.51. The number of methoxy groups -OCH3 is 2. The molecular weight excluding hydrogens is 398 g/mol. The number of hydrogen-bond acceptors (Lipinski definition) is 6. The van der Waals surface area contributed by atoms with Crippen LogP contribution in [0.15, 0.2) is 88.5 Å². The molecule has 0 amide bonds. The van der Waals surface area contributed by atoms with Crippen LogP contribution in [-0.4, -0.2) is 24.3 Å². The van der Waals surface area contributed by atoms with Gasteiger partial charge in [-0.1, -0.05) is 60.7 Å². The van der Waals surface area contributed by atoms with Crippen molar-refractivity contribution in [2.45, 2.75) is 5.22 Å². The maximum Gasteiger partial charge on any atom is 0.264 e. The van der Waals surface area contributed by atoms with Crippen LogP contribution in [-0.2, 0) is 0 Å². The molecule has 0 atom stereocenters. The number of carbonyl (C=O) groups is 1. The fourth-order valence-corrected chi connectivity index (χ4v) is 3.64. The highest BCUT2D eigenvalue weighted by Crippen LogP contribution is 2.37. The average Bonchev–Trinajstić information content (AvgIpc) is 3.23. The monoisotopic (exact) mass is 417 g/mol. The van der Waals surface area contributed by atoms with Crippen LogP contribution >= 0.6 is 11.8 Å². The molecule has 0 unspecified atom stereocenters. The van der Waals surface area contributed by atoms with E-state index in [4.69, 9.17) is 13.9 Å². The molecule has 150 valence electrons. The van der Waals surface area contributed by atoms with Gasteiger partial charge >= 0.3 is 0 Å². The van der Waals surface area contributed by atoms with Crippen molar-refractivity contribution in [2.24, 2.45) is 0 Å². The minimum absolute atomic E-state index is 0.215. The van der Waals surface area contributed by atoms with E-state index in [-0.39, 0.29) is 10.3 Å². The summed E-state index contributed by atoms with van der Waals surface area (Å²) in [5, 5.41) is 0.0622. The van der Waals surface area contributed by atoms with E-state index >= 15 is 0 Å². The first kappa shape index (κ1) is 19.8. The summed E-state index contributed by atoms with van der Waals surface area (Å²) in [6.45, 7) is 0. The van der Waals surface area contributed by atoms with Crippen molar-refractivity contribution in [1.29, 1.82) is 0 Å². The van der Waals surface area contributed by atoms with Crippen molar-refractivity contribution in [3.63, 3.8) is 0 Å². The molecule has 0 N–H and O–H groups in total. The van der Waals surface area contributed by atoms with Crippen molar-refractivity contribution in [3.05, 3.63) is 84.4 Å². The van der Waals surface area contributed by atoms with Crippen LogP contribution in [0.4, 0.5) is 0 Å². The SMILES string of the molecule is COc1cc(OC)cc(C(=O)Sc2nc(-c3ccccc3)c(-c3ccccc3)o2)c1. The first-order valence-corrected chi connectivity index (χ1v) is 10.1. The number of rotatable bonds is 6. The molecule has 1 heterocycles. The highest BCUT2D eigenvalue weighted by atomic mass is 32.2. The normalized spacial score (nSPS) is 10.6. The van der Waals surface area contributed by atoms with Gasteiger partial charge in [-0.05, 0) is 12.1 Å². The van der Waals surface area contributed by atoms with Crippen LogP contribution in [0.2, 0.25) is 0 Å². The highest BCUT2D eigenvalue weighted by Gasteiger charge is 2.20. The molecule has 3 aromatic carbocycles. The van der Waals surface area contributed by atoms with E-state index in [1.807, 2.05) is 60.7 Å². The number of aromatic nitrogens is 1. The second-order valence-corrected chi connectivity index (χ2v) is 7.30. The molecule has 6 heteroatoms. The number of carbonyl (C=O) groups excluding carboxylic acids is 1. The van der Waals surface area contributed by atoms with E-state index in [0.717, 1.165) is 22.9 Å². The number of oxazole rings is 1.